The van der Waals surface area contributed by atoms with E-state index in [0.717, 1.165) is 55.1 Å². The Bertz CT molecular complexity index is 2730. The van der Waals surface area contributed by atoms with Crippen LogP contribution < -0.4 is 32.0 Å². The molecule has 8 rings (SSSR count). The summed E-state index contributed by atoms with van der Waals surface area (Å²) in [4.78, 5) is 56.5. The van der Waals surface area contributed by atoms with Crippen molar-refractivity contribution in [2.45, 2.75) is 38.9 Å². The number of ether oxygens (including phenoxy) is 2. The molecule has 17 heteroatoms. The van der Waals surface area contributed by atoms with Crippen LogP contribution in [0.3, 0.4) is 0 Å². The first-order valence-corrected chi connectivity index (χ1v) is 21.8. The molecule has 1 amide bonds. The van der Waals surface area contributed by atoms with Gasteiger partial charge < -0.3 is 37.1 Å². The SMILES string of the molecule is CC(=O)c1ccc(-c2cc(Cl)c3c(c2)CC(CN)O3)s1.CC(=O)c1ccc(-c2cc(Cl)c3c(c2)CC(CNC(=O)/C=C/c2cccnc2N)O3)s1.Nc1ncccc1/C=C/C(=O)O. The molecule has 0 radical (unpaired) electrons. The molecule has 0 bridgehead atoms. The van der Waals surface area contributed by atoms with Crippen molar-refractivity contribution in [2.24, 2.45) is 5.73 Å². The van der Waals surface area contributed by atoms with E-state index in [1.54, 1.807) is 56.6 Å². The van der Waals surface area contributed by atoms with Gasteiger partial charge in [0.1, 0.15) is 35.3 Å². The van der Waals surface area contributed by atoms with Crippen LogP contribution >= 0.6 is 45.9 Å². The van der Waals surface area contributed by atoms with Gasteiger partial charge in [-0.3, -0.25) is 14.4 Å². The number of hydrogen-bond donors (Lipinski definition) is 5. The van der Waals surface area contributed by atoms with E-state index in [9.17, 15) is 19.2 Å². The highest BCUT2D eigenvalue weighted by molar-refractivity contribution is 7.17. The van der Waals surface area contributed by atoms with Gasteiger partial charge in [-0.2, -0.15) is 0 Å². The molecule has 2 aliphatic rings. The van der Waals surface area contributed by atoms with Gasteiger partial charge in [0, 0.05) is 75.9 Å². The predicted molar refractivity (Wildman–Crippen MR) is 251 cm³/mol. The minimum absolute atomic E-state index is 0.00821. The molecule has 8 N–H and O–H groups in total. The number of nitrogens with two attached hydrogens (primary N) is 3. The molecular formula is C46H42Cl2N6O7S2. The van der Waals surface area contributed by atoms with Crippen molar-refractivity contribution in [3.05, 3.63) is 139 Å². The fourth-order valence-corrected chi connectivity index (χ4v) is 8.76. The lowest BCUT2D eigenvalue weighted by molar-refractivity contribution is -0.131. The summed E-state index contributed by atoms with van der Waals surface area (Å²) in [6, 6.07) is 22.3. The number of carbonyl (C=O) groups is 4. The van der Waals surface area contributed by atoms with E-state index in [4.69, 9.17) is 55.0 Å². The minimum Gasteiger partial charge on any atom is -0.487 e. The van der Waals surface area contributed by atoms with Crippen molar-refractivity contribution >= 4 is 93.1 Å². The van der Waals surface area contributed by atoms with Crippen LogP contribution in [0.15, 0.2) is 97.3 Å². The molecular weight excluding hydrogens is 884 g/mol. The largest absolute Gasteiger partial charge is 0.487 e. The molecule has 6 heterocycles. The Morgan fingerprint density at radius 1 is 0.746 bits per heavy atom. The fourth-order valence-electron chi connectivity index (χ4n) is 6.41. The molecule has 0 saturated heterocycles. The Balaban J connectivity index is 0.000000176. The topological polar surface area (TPSA) is 223 Å². The number of amides is 1. The van der Waals surface area contributed by atoms with E-state index >= 15 is 0 Å². The summed E-state index contributed by atoms with van der Waals surface area (Å²) in [5.74, 6) is 0.967. The maximum Gasteiger partial charge on any atom is 0.328 e. The molecule has 0 aliphatic carbocycles. The number of aliphatic carboxylic acids is 1. The number of nitrogens with zero attached hydrogens (tertiary/aromatic N) is 2. The summed E-state index contributed by atoms with van der Waals surface area (Å²) in [5.41, 5.74) is 22.2. The van der Waals surface area contributed by atoms with Gasteiger partial charge in [0.05, 0.1) is 26.3 Å². The molecule has 13 nitrogen and oxygen atoms in total. The van der Waals surface area contributed by atoms with E-state index < -0.39 is 5.97 Å². The highest BCUT2D eigenvalue weighted by atomic mass is 35.5. The van der Waals surface area contributed by atoms with Crippen molar-refractivity contribution in [2.75, 3.05) is 24.6 Å². The predicted octanol–water partition coefficient (Wildman–Crippen LogP) is 8.68. The van der Waals surface area contributed by atoms with Crippen molar-refractivity contribution in [3.8, 4) is 32.4 Å². The number of Topliss-reactive ketones (excluding diaryl/α,β-unsaturated/α-hetero) is 2. The number of nitrogens with one attached hydrogen (secondary N) is 1. The Morgan fingerprint density at radius 3 is 1.67 bits per heavy atom. The van der Waals surface area contributed by atoms with Crippen LogP contribution in [0.2, 0.25) is 10.0 Å². The van der Waals surface area contributed by atoms with Gasteiger partial charge in [0.15, 0.2) is 11.6 Å². The minimum atomic E-state index is -1.00. The van der Waals surface area contributed by atoms with E-state index in [1.807, 2.05) is 42.5 Å². The first-order chi connectivity index (χ1) is 30.2. The number of anilines is 2. The van der Waals surface area contributed by atoms with Gasteiger partial charge in [-0.15, -0.1) is 22.7 Å². The summed E-state index contributed by atoms with van der Waals surface area (Å²) in [6.45, 7) is 3.96. The number of carbonyl (C=O) groups excluding carboxylic acids is 3. The number of hydrogen-bond acceptors (Lipinski definition) is 13. The Morgan fingerprint density at radius 2 is 1.22 bits per heavy atom. The molecule has 2 atom stereocenters. The molecule has 0 saturated carbocycles. The van der Waals surface area contributed by atoms with Crippen molar-refractivity contribution in [1.29, 1.82) is 0 Å². The number of benzene rings is 2. The van der Waals surface area contributed by atoms with Crippen LogP contribution in [-0.2, 0) is 22.4 Å². The number of pyridine rings is 2. The molecule has 2 aliphatic heterocycles. The van der Waals surface area contributed by atoms with Gasteiger partial charge in [-0.25, -0.2) is 14.8 Å². The third kappa shape index (κ3) is 12.2. The van der Waals surface area contributed by atoms with Gasteiger partial charge in [0.25, 0.3) is 0 Å². The molecule has 0 spiro atoms. The second kappa shape index (κ2) is 21.1. The van der Waals surface area contributed by atoms with Gasteiger partial charge in [0.2, 0.25) is 5.91 Å². The first-order valence-electron chi connectivity index (χ1n) is 19.4. The Labute approximate surface area is 381 Å². The van der Waals surface area contributed by atoms with E-state index in [-0.39, 0.29) is 29.7 Å². The van der Waals surface area contributed by atoms with Crippen LogP contribution in [-0.4, -0.2) is 63.8 Å². The summed E-state index contributed by atoms with van der Waals surface area (Å²) in [7, 11) is 0. The molecule has 0 fully saturated rings. The van der Waals surface area contributed by atoms with Crippen LogP contribution in [0.5, 0.6) is 11.5 Å². The van der Waals surface area contributed by atoms with E-state index in [0.29, 0.717) is 62.9 Å². The quantitative estimate of drug-likeness (QED) is 0.0608. The fraction of sp³-hybridized carbons (Fsp3) is 0.174. The second-order valence-electron chi connectivity index (χ2n) is 14.2. The average Bonchev–Trinajstić information content (AvgIpc) is 4.09. The van der Waals surface area contributed by atoms with Crippen molar-refractivity contribution in [1.82, 2.24) is 15.3 Å². The monoisotopic (exact) mass is 924 g/mol. The van der Waals surface area contributed by atoms with Crippen LogP contribution in [0, 0.1) is 0 Å². The second-order valence-corrected chi connectivity index (χ2v) is 17.1. The Hall–Kier alpha value is -6.36. The average molecular weight is 926 g/mol. The number of aromatic nitrogens is 2. The standard InChI is InChI=1S/C23H20ClN3O3S.C15H14ClNO2S.C8H8N2O2/c1-13(28)19-5-6-20(31-19)15-9-16-10-17(30-22(16)18(24)11-15)12-27-21(29)7-4-14-3-2-8-26-23(14)25;1-8(18)13-2-3-14(20-13)9-4-10-5-11(7-17)19-15(10)12(16)6-9;9-8-6(2-1-5-10-8)3-4-7(11)12/h2-9,11,17H,10,12H2,1H3,(H2,25,26)(H,27,29);2-4,6,11H,5,7,17H2,1H3;1-5H,(H2,9,10)(H,11,12)/b7-4+;;4-3+. The highest BCUT2D eigenvalue weighted by Crippen LogP contribution is 2.42. The lowest BCUT2D eigenvalue weighted by atomic mass is 10.1. The lowest BCUT2D eigenvalue weighted by Gasteiger charge is -2.11. The number of fused-ring (bicyclic) bond motifs is 2. The van der Waals surface area contributed by atoms with E-state index in [2.05, 4.69) is 21.4 Å². The number of thiophene rings is 2. The summed E-state index contributed by atoms with van der Waals surface area (Å²) in [5, 5.41) is 12.3. The summed E-state index contributed by atoms with van der Waals surface area (Å²) >= 11 is 15.7. The van der Waals surface area contributed by atoms with Crippen LogP contribution in [0.1, 0.15) is 55.4 Å². The third-order valence-electron chi connectivity index (χ3n) is 9.51. The maximum absolute atomic E-state index is 12.2. The van der Waals surface area contributed by atoms with Gasteiger partial charge in [-0.05, 0) is 110 Å². The molecule has 6 aromatic rings. The zero-order valence-corrected chi connectivity index (χ0v) is 37.1. The summed E-state index contributed by atoms with van der Waals surface area (Å²) < 4.78 is 11.7. The first kappa shape index (κ1) is 46.2. The van der Waals surface area contributed by atoms with Crippen molar-refractivity contribution < 1.29 is 33.8 Å². The number of carboxylic acids is 1. The number of carboxylic acid groups (broad SMARTS) is 1. The number of halogens is 2. The van der Waals surface area contributed by atoms with E-state index in [1.165, 1.54) is 34.8 Å². The highest BCUT2D eigenvalue weighted by Gasteiger charge is 2.27. The molecule has 324 valence electrons. The molecule has 2 aromatic carbocycles. The third-order valence-corrected chi connectivity index (χ3v) is 12.5. The number of rotatable bonds is 11. The number of nitrogen functional groups attached to an aromatic ring is 2. The van der Waals surface area contributed by atoms with Crippen LogP contribution in [0.4, 0.5) is 11.6 Å². The van der Waals surface area contributed by atoms with Gasteiger partial charge in [-0.1, -0.05) is 23.2 Å². The lowest BCUT2D eigenvalue weighted by Crippen LogP contribution is -2.33. The van der Waals surface area contributed by atoms with Crippen LogP contribution in [0.25, 0.3) is 33.0 Å². The molecule has 4 aromatic heterocycles. The zero-order valence-electron chi connectivity index (χ0n) is 34.0. The smallest absolute Gasteiger partial charge is 0.328 e. The van der Waals surface area contributed by atoms with Gasteiger partial charge >= 0.3 is 5.97 Å². The Kier molecular flexibility index (Phi) is 15.5. The summed E-state index contributed by atoms with van der Waals surface area (Å²) in [6.07, 6.45) is 9.83. The number of ketones is 2. The molecule has 63 heavy (non-hydrogen) atoms. The normalized spacial score (nSPS) is 14.7. The zero-order chi connectivity index (χ0) is 45.2. The molecule has 2 unspecified atom stereocenters. The maximum atomic E-state index is 12.2. The van der Waals surface area contributed by atoms with Crippen molar-refractivity contribution in [3.63, 3.8) is 0 Å².